The quantitative estimate of drug-likeness (QED) is 0.103. The number of nitrogens with one attached hydrogen (secondary N) is 2. The van der Waals surface area contributed by atoms with E-state index in [2.05, 4.69) is 71.2 Å². The molecule has 0 aliphatic carbocycles. The number of methoxy groups -OCH3 is 1. The van der Waals surface area contributed by atoms with Crippen LogP contribution in [0.1, 0.15) is 90.8 Å². The van der Waals surface area contributed by atoms with Gasteiger partial charge in [0.25, 0.3) is 5.91 Å². The van der Waals surface area contributed by atoms with Crippen molar-refractivity contribution < 1.29 is 33.4 Å². The number of aromatic nitrogens is 5. The summed E-state index contributed by atoms with van der Waals surface area (Å²) in [6, 6.07) is 8.21. The van der Waals surface area contributed by atoms with Gasteiger partial charge in [-0.05, 0) is 87.4 Å². The zero-order chi connectivity index (χ0) is 47.2. The number of hydrazine groups is 1. The van der Waals surface area contributed by atoms with Gasteiger partial charge in [-0.25, -0.2) is 10.1 Å². The number of benzene rings is 1. The summed E-state index contributed by atoms with van der Waals surface area (Å²) < 4.78 is 15.3. The van der Waals surface area contributed by atoms with Crippen LogP contribution < -0.4 is 10.7 Å². The fraction of sp³-hybridized carbons (Fsp3) is 0.542. The highest BCUT2D eigenvalue weighted by Gasteiger charge is 2.39. The zero-order valence-electron chi connectivity index (χ0n) is 39.4. The summed E-state index contributed by atoms with van der Waals surface area (Å²) in [7, 11) is 3.28. The predicted molar refractivity (Wildman–Crippen MR) is 246 cm³/mol. The number of amides is 4. The van der Waals surface area contributed by atoms with Crippen molar-refractivity contribution in [2.45, 2.75) is 105 Å². The third kappa shape index (κ3) is 11.0. The number of hydrogen-bond acceptors (Lipinski definition) is 11. The van der Waals surface area contributed by atoms with Crippen LogP contribution in [0.25, 0.3) is 27.8 Å². The van der Waals surface area contributed by atoms with E-state index in [0.29, 0.717) is 44.7 Å². The normalized spacial score (nSPS) is 16.9. The molecule has 2 N–H and O–H groups in total. The van der Waals surface area contributed by atoms with Gasteiger partial charge in [0, 0.05) is 88.3 Å². The van der Waals surface area contributed by atoms with E-state index in [4.69, 9.17) is 14.5 Å². The average molecular weight is 895 g/mol. The second-order valence-electron chi connectivity index (χ2n) is 18.3. The maximum Gasteiger partial charge on any atom is 0.302 e. The summed E-state index contributed by atoms with van der Waals surface area (Å²) in [4.78, 5) is 74.3. The molecule has 4 aromatic rings. The summed E-state index contributed by atoms with van der Waals surface area (Å²) in [5.41, 5.74) is 8.77. The fourth-order valence-electron chi connectivity index (χ4n) is 9.14. The summed E-state index contributed by atoms with van der Waals surface area (Å²) in [6.45, 7) is 19.6. The Bertz CT molecular complexity index is 2380. The van der Waals surface area contributed by atoms with Crippen LogP contribution in [0.15, 0.2) is 55.4 Å². The Kier molecular flexibility index (Phi) is 15.6. The number of likely N-dealkylation sites (N-methyl/N-ethyl adjacent to an activating group) is 1. The van der Waals surface area contributed by atoms with Gasteiger partial charge in [0.2, 0.25) is 17.7 Å². The molecule has 0 spiro atoms. The molecule has 4 amide bonds. The summed E-state index contributed by atoms with van der Waals surface area (Å²) in [5.74, 6) is -2.32. The van der Waals surface area contributed by atoms with E-state index >= 15 is 0 Å². The molecule has 0 unspecified atom stereocenters. The molecule has 4 atom stereocenters. The second-order valence-corrected chi connectivity index (χ2v) is 18.3. The highest BCUT2D eigenvalue weighted by molar-refractivity contribution is 5.95. The fourth-order valence-corrected chi connectivity index (χ4v) is 9.14. The SMILES string of the molecule is C=CC(=O)N1CC[C@H](C(=O)N(C)[C@H](C(=O)N[C@@H](Cc2cn(-c3ccc4c(c3)c(CC(C)(C)COC(C)=O)c(-c3cccnc3[C@H](C)OC)n4CC)nn2)C(=O)N2CCCCN2)C(C)C)C1. The van der Waals surface area contributed by atoms with E-state index in [9.17, 15) is 24.0 Å². The molecule has 2 aliphatic heterocycles. The molecule has 17 heteroatoms. The molecule has 350 valence electrons. The van der Waals surface area contributed by atoms with Gasteiger partial charge >= 0.3 is 5.97 Å². The number of hydrogen-bond donors (Lipinski definition) is 2. The highest BCUT2D eigenvalue weighted by Crippen LogP contribution is 2.41. The number of carbonyl (C=O) groups excluding carboxylic acids is 5. The molecule has 65 heavy (non-hydrogen) atoms. The first-order chi connectivity index (χ1) is 31.0. The standard InChI is InChI=1S/C48H66N10O7/c1-11-41(60)55-23-19-33(27-55)46(62)54(9)43(30(3)4)45(61)51-39(47(63)57-22-14-13-21-50-57)24-34-28-58(53-52-34)35-17-18-40-37(25-35)38(26-48(7,8)29-65-32(6)59)44(56(40)12-2)36-16-15-20-49-42(36)31(5)64-10/h11,15-18,20,25,28,30-31,33,39,43,50H,1,12-14,19,21-24,26-27,29H2,2-10H3,(H,51,61)/t31-,33-,39-,43-/m0/s1. The summed E-state index contributed by atoms with van der Waals surface area (Å²) >= 11 is 0. The smallest absolute Gasteiger partial charge is 0.302 e. The first-order valence-corrected chi connectivity index (χ1v) is 22.7. The maximum atomic E-state index is 14.3. The minimum Gasteiger partial charge on any atom is -0.465 e. The van der Waals surface area contributed by atoms with Crippen LogP contribution >= 0.6 is 0 Å². The van der Waals surface area contributed by atoms with Gasteiger partial charge in [0.05, 0.1) is 47.6 Å². The lowest BCUT2D eigenvalue weighted by Crippen LogP contribution is -2.59. The minimum atomic E-state index is -1.02. The van der Waals surface area contributed by atoms with E-state index in [1.165, 1.54) is 17.9 Å². The molecule has 5 heterocycles. The third-order valence-corrected chi connectivity index (χ3v) is 12.5. The summed E-state index contributed by atoms with van der Waals surface area (Å²) in [5, 5.41) is 14.6. The van der Waals surface area contributed by atoms with Crippen LogP contribution in [0, 0.1) is 17.3 Å². The lowest BCUT2D eigenvalue weighted by atomic mass is 9.84. The monoisotopic (exact) mass is 895 g/mol. The molecule has 2 saturated heterocycles. The Hall–Kier alpha value is -5.94. The van der Waals surface area contributed by atoms with Crippen molar-refractivity contribution in [3.63, 3.8) is 0 Å². The van der Waals surface area contributed by atoms with E-state index in [-0.39, 0.29) is 55.3 Å². The topological polar surface area (TPSA) is 186 Å². The van der Waals surface area contributed by atoms with E-state index in [1.807, 2.05) is 32.9 Å². The molecular weight excluding hydrogens is 829 g/mol. The van der Waals surface area contributed by atoms with Crippen LogP contribution in [-0.4, -0.2) is 128 Å². The number of carbonyl (C=O) groups is 5. The maximum absolute atomic E-state index is 14.3. The van der Waals surface area contributed by atoms with Gasteiger partial charge in [-0.1, -0.05) is 39.5 Å². The van der Waals surface area contributed by atoms with E-state index < -0.39 is 29.3 Å². The molecule has 2 aliphatic rings. The third-order valence-electron chi connectivity index (χ3n) is 12.5. The predicted octanol–water partition coefficient (Wildman–Crippen LogP) is 4.81. The van der Waals surface area contributed by atoms with Crippen molar-refractivity contribution in [3.8, 4) is 16.9 Å². The summed E-state index contributed by atoms with van der Waals surface area (Å²) in [6.07, 6.45) is 7.34. The minimum absolute atomic E-state index is 0.0438. The lowest BCUT2D eigenvalue weighted by Gasteiger charge is -2.35. The molecule has 2 fully saturated rings. The number of fused-ring (bicyclic) bond motifs is 1. The van der Waals surface area contributed by atoms with Crippen LogP contribution in [0.5, 0.6) is 0 Å². The molecule has 0 bridgehead atoms. The first kappa shape index (κ1) is 48.5. The Morgan fingerprint density at radius 3 is 2.54 bits per heavy atom. The van der Waals surface area contributed by atoms with Crippen molar-refractivity contribution in [2.24, 2.45) is 17.3 Å². The van der Waals surface area contributed by atoms with Crippen molar-refractivity contribution in [2.75, 3.05) is 46.9 Å². The van der Waals surface area contributed by atoms with Gasteiger partial charge in [0.15, 0.2) is 0 Å². The Labute approximate surface area is 381 Å². The number of esters is 1. The van der Waals surface area contributed by atoms with Gasteiger partial charge in [-0.2, -0.15) is 0 Å². The Morgan fingerprint density at radius 1 is 1.11 bits per heavy atom. The van der Waals surface area contributed by atoms with Gasteiger partial charge in [0.1, 0.15) is 12.1 Å². The average Bonchev–Trinajstić information content (AvgIpc) is 4.05. The van der Waals surface area contributed by atoms with Gasteiger partial charge < -0.3 is 29.2 Å². The van der Waals surface area contributed by atoms with Crippen LogP contribution in [0.3, 0.4) is 0 Å². The van der Waals surface area contributed by atoms with Gasteiger partial charge in [-0.15, -0.1) is 5.10 Å². The largest absolute Gasteiger partial charge is 0.465 e. The van der Waals surface area contributed by atoms with Crippen LogP contribution in [-0.2, 0) is 52.8 Å². The molecule has 0 saturated carbocycles. The molecule has 0 radical (unpaired) electrons. The van der Waals surface area contributed by atoms with Crippen LogP contribution in [0.4, 0.5) is 0 Å². The highest BCUT2D eigenvalue weighted by atomic mass is 16.5. The number of ether oxygens (including phenoxy) is 2. The molecule has 17 nitrogen and oxygen atoms in total. The van der Waals surface area contributed by atoms with Crippen molar-refractivity contribution in [3.05, 3.63) is 72.3 Å². The molecule has 1 aromatic carbocycles. The van der Waals surface area contributed by atoms with Crippen LogP contribution in [0.2, 0.25) is 0 Å². The van der Waals surface area contributed by atoms with Crippen molar-refractivity contribution >= 4 is 40.5 Å². The van der Waals surface area contributed by atoms with Crippen molar-refractivity contribution in [1.82, 2.24) is 50.1 Å². The number of pyridine rings is 1. The second kappa shape index (κ2) is 20.9. The Morgan fingerprint density at radius 2 is 1.88 bits per heavy atom. The van der Waals surface area contributed by atoms with E-state index in [0.717, 1.165) is 51.9 Å². The number of likely N-dealkylation sites (tertiary alicyclic amines) is 1. The van der Waals surface area contributed by atoms with Crippen molar-refractivity contribution in [1.29, 1.82) is 0 Å². The number of rotatable bonds is 18. The molecule has 6 rings (SSSR count). The lowest BCUT2D eigenvalue weighted by molar-refractivity contribution is -0.146. The Balaban J connectivity index is 1.33. The molecular formula is C48H66N10O7. The number of nitrogens with zero attached hydrogens (tertiary/aromatic N) is 8. The first-order valence-electron chi connectivity index (χ1n) is 22.7. The number of aryl methyl sites for hydroxylation is 1. The molecule has 3 aromatic heterocycles. The van der Waals surface area contributed by atoms with Gasteiger partial charge in [-0.3, -0.25) is 34.0 Å². The zero-order valence-corrected chi connectivity index (χ0v) is 39.4. The van der Waals surface area contributed by atoms with E-state index in [1.54, 1.807) is 41.1 Å².